The zero-order valence-corrected chi connectivity index (χ0v) is 29.5. The highest BCUT2D eigenvalue weighted by molar-refractivity contribution is 7.90. The number of sulfonamides is 1. The van der Waals surface area contributed by atoms with Gasteiger partial charge in [-0.05, 0) is 66.3 Å². The maximum atomic E-state index is 13.6. The van der Waals surface area contributed by atoms with Crippen LogP contribution in [0.25, 0.3) is 0 Å². The van der Waals surface area contributed by atoms with Gasteiger partial charge in [0.2, 0.25) is 5.91 Å². The lowest BCUT2D eigenvalue weighted by Gasteiger charge is -2.19. The van der Waals surface area contributed by atoms with Gasteiger partial charge in [-0.3, -0.25) is 19.7 Å². The molecule has 5 rings (SSSR count). The van der Waals surface area contributed by atoms with Crippen molar-refractivity contribution < 1.29 is 27.7 Å². The normalized spacial score (nSPS) is 11.6. The lowest BCUT2D eigenvalue weighted by molar-refractivity contribution is -0.384. The molecular formula is C40H40N4O7S. The molecule has 0 aliphatic rings. The minimum absolute atomic E-state index is 0.0327. The van der Waals surface area contributed by atoms with Gasteiger partial charge in [0.05, 0.1) is 16.2 Å². The highest BCUT2D eigenvalue weighted by Crippen LogP contribution is 2.28. The molecule has 0 aliphatic carbocycles. The Labute approximate surface area is 303 Å². The number of carbonyl (C=O) groups excluding carboxylic acids is 2. The number of rotatable bonds is 17. The number of hydrogen-bond acceptors (Lipinski definition) is 8. The fourth-order valence-corrected chi connectivity index (χ4v) is 6.49. The van der Waals surface area contributed by atoms with Crippen molar-refractivity contribution in [3.8, 4) is 5.75 Å². The topological polar surface area (TPSA) is 157 Å². The molecule has 0 aliphatic heterocycles. The predicted octanol–water partition coefficient (Wildman–Crippen LogP) is 6.30. The molecule has 0 fully saturated rings. The van der Waals surface area contributed by atoms with Crippen LogP contribution in [0.5, 0.6) is 5.75 Å². The van der Waals surface area contributed by atoms with E-state index < -0.39 is 43.4 Å². The number of nitro groups is 1. The van der Waals surface area contributed by atoms with E-state index in [0.717, 1.165) is 34.7 Å². The zero-order valence-electron chi connectivity index (χ0n) is 28.7. The minimum atomic E-state index is -4.57. The molecule has 11 nitrogen and oxygen atoms in total. The molecule has 0 bridgehead atoms. The van der Waals surface area contributed by atoms with Crippen molar-refractivity contribution in [2.24, 2.45) is 0 Å². The first-order valence-corrected chi connectivity index (χ1v) is 18.3. The summed E-state index contributed by atoms with van der Waals surface area (Å²) in [5.41, 5.74) is 4.21. The van der Waals surface area contributed by atoms with Crippen LogP contribution in [0.1, 0.15) is 34.2 Å². The first-order chi connectivity index (χ1) is 25.1. The average Bonchev–Trinajstić information content (AvgIpc) is 3.14. The number of hydrogen-bond donors (Lipinski definition) is 3. The second kappa shape index (κ2) is 17.8. The highest BCUT2D eigenvalue weighted by Gasteiger charge is 2.28. The van der Waals surface area contributed by atoms with Gasteiger partial charge in [0.15, 0.2) is 0 Å². The van der Waals surface area contributed by atoms with E-state index in [0.29, 0.717) is 30.9 Å². The van der Waals surface area contributed by atoms with Crippen molar-refractivity contribution in [3.63, 3.8) is 0 Å². The second-order valence-electron chi connectivity index (χ2n) is 12.3. The van der Waals surface area contributed by atoms with Crippen molar-refractivity contribution in [1.82, 2.24) is 10.0 Å². The summed E-state index contributed by atoms with van der Waals surface area (Å²) in [6, 6.07) is 35.8. The van der Waals surface area contributed by atoms with E-state index in [1.54, 1.807) is 36.4 Å². The van der Waals surface area contributed by atoms with E-state index in [4.69, 9.17) is 4.74 Å². The Balaban J connectivity index is 1.28. The Hall–Kier alpha value is -6.01. The van der Waals surface area contributed by atoms with Gasteiger partial charge in [0, 0.05) is 19.0 Å². The van der Waals surface area contributed by atoms with Gasteiger partial charge < -0.3 is 15.4 Å². The fraction of sp³-hybridized carbons (Fsp3) is 0.200. The third-order valence-electron chi connectivity index (χ3n) is 8.26. The minimum Gasteiger partial charge on any atom is -0.489 e. The number of amides is 2. The summed E-state index contributed by atoms with van der Waals surface area (Å²) >= 11 is 0. The number of anilines is 1. The maximum absolute atomic E-state index is 13.6. The van der Waals surface area contributed by atoms with Crippen LogP contribution in [0.2, 0.25) is 0 Å². The van der Waals surface area contributed by atoms with Crippen molar-refractivity contribution >= 4 is 33.2 Å². The number of benzene rings is 5. The first-order valence-electron chi connectivity index (χ1n) is 16.8. The third kappa shape index (κ3) is 11.0. The number of nitrogens with zero attached hydrogens (tertiary/aromatic N) is 1. The number of aryl methyl sites for hydroxylation is 2. The monoisotopic (exact) mass is 720 g/mol. The number of carbonyl (C=O) groups is 2. The van der Waals surface area contributed by atoms with Crippen LogP contribution in [0, 0.1) is 17.0 Å². The SMILES string of the molecule is Cc1ccc(CC(=O)N[C@@H](Cc2ccc(OCc3ccccc3)cc2)C(=O)NS(=O)(=O)c2ccc(NCCCc3ccccc3)c([N+](=O)[O-])c2)cc1. The Kier molecular flexibility index (Phi) is 12.7. The van der Waals surface area contributed by atoms with Crippen LogP contribution in [0.3, 0.4) is 0 Å². The number of nitro benzene ring substituents is 1. The van der Waals surface area contributed by atoms with Gasteiger partial charge in [0.25, 0.3) is 21.6 Å². The molecule has 0 heterocycles. The lowest BCUT2D eigenvalue weighted by Crippen LogP contribution is -2.49. The quantitative estimate of drug-likeness (QED) is 0.0574. The third-order valence-corrected chi connectivity index (χ3v) is 9.60. The molecule has 0 saturated carbocycles. The van der Waals surface area contributed by atoms with Gasteiger partial charge in [-0.2, -0.15) is 0 Å². The van der Waals surface area contributed by atoms with E-state index in [-0.39, 0.29) is 18.5 Å². The molecule has 0 unspecified atom stereocenters. The summed E-state index contributed by atoms with van der Waals surface area (Å²) in [6.07, 6.45) is 1.38. The molecule has 12 heteroatoms. The van der Waals surface area contributed by atoms with E-state index in [1.165, 1.54) is 12.1 Å². The summed E-state index contributed by atoms with van der Waals surface area (Å²) in [4.78, 5) is 37.5. The predicted molar refractivity (Wildman–Crippen MR) is 199 cm³/mol. The average molecular weight is 721 g/mol. The molecule has 0 aromatic heterocycles. The van der Waals surface area contributed by atoms with Crippen LogP contribution in [-0.4, -0.2) is 37.7 Å². The Morgan fingerprint density at radius 2 is 1.42 bits per heavy atom. The maximum Gasteiger partial charge on any atom is 0.293 e. The lowest BCUT2D eigenvalue weighted by atomic mass is 10.0. The molecule has 5 aromatic carbocycles. The van der Waals surface area contributed by atoms with Gasteiger partial charge >= 0.3 is 0 Å². The first kappa shape index (κ1) is 37.3. The smallest absolute Gasteiger partial charge is 0.293 e. The summed E-state index contributed by atoms with van der Waals surface area (Å²) in [6.45, 7) is 2.71. The summed E-state index contributed by atoms with van der Waals surface area (Å²) < 4.78 is 34.8. The fourth-order valence-electron chi connectivity index (χ4n) is 5.45. The molecular weight excluding hydrogens is 681 g/mol. The highest BCUT2D eigenvalue weighted by atomic mass is 32.2. The molecule has 268 valence electrons. The van der Waals surface area contributed by atoms with Crippen LogP contribution in [0.15, 0.2) is 132 Å². The molecule has 0 radical (unpaired) electrons. The van der Waals surface area contributed by atoms with E-state index >= 15 is 0 Å². The van der Waals surface area contributed by atoms with Crippen LogP contribution >= 0.6 is 0 Å². The van der Waals surface area contributed by atoms with Crippen molar-refractivity contribution in [1.29, 1.82) is 0 Å². The molecule has 0 saturated heterocycles. The van der Waals surface area contributed by atoms with Gasteiger partial charge in [-0.25, -0.2) is 13.1 Å². The number of nitrogens with one attached hydrogen (secondary N) is 3. The zero-order chi connectivity index (χ0) is 36.9. The van der Waals surface area contributed by atoms with E-state index in [1.807, 2.05) is 84.4 Å². The van der Waals surface area contributed by atoms with Gasteiger partial charge in [0.1, 0.15) is 24.1 Å². The van der Waals surface area contributed by atoms with Crippen molar-refractivity contribution in [3.05, 3.63) is 165 Å². The van der Waals surface area contributed by atoms with Crippen molar-refractivity contribution in [2.75, 3.05) is 11.9 Å². The Morgan fingerprint density at radius 1 is 0.788 bits per heavy atom. The van der Waals surface area contributed by atoms with Crippen LogP contribution in [-0.2, 0) is 45.5 Å². The van der Waals surface area contributed by atoms with E-state index in [2.05, 4.69) is 10.6 Å². The molecule has 3 N–H and O–H groups in total. The molecule has 0 spiro atoms. The van der Waals surface area contributed by atoms with Gasteiger partial charge in [-0.1, -0.05) is 103 Å². The second-order valence-corrected chi connectivity index (χ2v) is 14.0. The summed E-state index contributed by atoms with van der Waals surface area (Å²) in [7, 11) is -4.57. The van der Waals surface area contributed by atoms with Crippen LogP contribution in [0.4, 0.5) is 11.4 Å². The molecule has 5 aromatic rings. The molecule has 52 heavy (non-hydrogen) atoms. The van der Waals surface area contributed by atoms with Crippen LogP contribution < -0.4 is 20.1 Å². The Morgan fingerprint density at radius 3 is 2.08 bits per heavy atom. The standard InChI is InChI=1S/C40H40N4O7S/c1-29-14-16-32(17-15-29)26-39(45)42-37(25-31-18-20-34(21-19-31)51-28-33-11-6-3-7-12-33)40(46)43-52(49,50)35-22-23-36(38(27-35)44(47)48)41-24-8-13-30-9-4-2-5-10-30/h2-7,9-12,14-23,27,37,41H,8,13,24-26,28H2,1H3,(H,42,45)(H,43,46)/t37-/m0/s1. The van der Waals surface area contributed by atoms with Crippen molar-refractivity contribution in [2.45, 2.75) is 50.2 Å². The molecule has 1 atom stereocenters. The molecule has 2 amide bonds. The number of ether oxygens (including phenoxy) is 1. The van der Waals surface area contributed by atoms with Gasteiger partial charge in [-0.15, -0.1) is 0 Å². The Bertz CT molecular complexity index is 2080. The summed E-state index contributed by atoms with van der Waals surface area (Å²) in [5.74, 6) is -0.884. The van der Waals surface area contributed by atoms with E-state index in [9.17, 15) is 28.1 Å². The summed E-state index contributed by atoms with van der Waals surface area (Å²) in [5, 5.41) is 17.6. The largest absolute Gasteiger partial charge is 0.489 e.